The number of carbonyl (C=O) groups is 1. The van der Waals surface area contributed by atoms with Crippen LogP contribution in [0, 0.1) is 0 Å². The summed E-state index contributed by atoms with van der Waals surface area (Å²) in [7, 11) is 1.44. The first kappa shape index (κ1) is 17.1. The number of nitrogens with zero attached hydrogens (tertiary/aromatic N) is 1. The number of hydrogen-bond acceptors (Lipinski definition) is 5. The molecule has 0 spiro atoms. The minimum atomic E-state index is -0.494. The van der Waals surface area contributed by atoms with Crippen LogP contribution in [-0.2, 0) is 5.41 Å². The smallest absolute Gasteiger partial charge is 0.195 e. The van der Waals surface area contributed by atoms with Gasteiger partial charge < -0.3 is 9.72 Å². The van der Waals surface area contributed by atoms with Crippen molar-refractivity contribution in [3.63, 3.8) is 0 Å². The molecular weight excluding hydrogens is 400 g/mol. The Morgan fingerprint density at radius 1 is 1.19 bits per heavy atom. The molecule has 0 amide bonds. The predicted octanol–water partition coefficient (Wildman–Crippen LogP) is 4.39. The molecule has 134 valence electrons. The minimum absolute atomic E-state index is 0.0152. The average Bonchev–Trinajstić information content (AvgIpc) is 2.98. The van der Waals surface area contributed by atoms with Gasteiger partial charge in [0.2, 0.25) is 0 Å². The lowest BCUT2D eigenvalue weighted by Crippen LogP contribution is -2.31. The van der Waals surface area contributed by atoms with E-state index in [2.05, 4.69) is 20.9 Å². The van der Waals surface area contributed by atoms with Crippen LogP contribution in [0.15, 0.2) is 34.8 Å². The van der Waals surface area contributed by atoms with E-state index in [0.717, 1.165) is 26.6 Å². The number of H-pyrrole nitrogens is 1. The van der Waals surface area contributed by atoms with Crippen LogP contribution in [0.4, 0.5) is 5.69 Å². The molecule has 0 radical (unpaired) electrons. The maximum atomic E-state index is 13.3. The van der Waals surface area contributed by atoms with Gasteiger partial charge in [0.15, 0.2) is 5.78 Å². The summed E-state index contributed by atoms with van der Waals surface area (Å²) in [5, 5.41) is 19.8. The number of methoxy groups -OCH3 is 1. The van der Waals surface area contributed by atoms with Crippen LogP contribution in [-0.4, -0.2) is 28.3 Å². The number of benzene rings is 2. The van der Waals surface area contributed by atoms with E-state index in [0.29, 0.717) is 11.1 Å². The summed E-state index contributed by atoms with van der Waals surface area (Å²) in [6.07, 6.45) is 0. The lowest BCUT2D eigenvalue weighted by atomic mass is 9.71. The van der Waals surface area contributed by atoms with Gasteiger partial charge in [0.1, 0.15) is 11.4 Å². The molecule has 6 nitrogen and oxygen atoms in total. The second-order valence-corrected chi connectivity index (χ2v) is 7.79. The Bertz CT molecular complexity index is 1070. The fraction of sp³-hybridized carbons (Fsp3) is 0.211. The number of aromatic nitrogens is 1. The topological polar surface area (TPSA) is 85.8 Å². The second-order valence-electron chi connectivity index (χ2n) is 6.88. The maximum Gasteiger partial charge on any atom is 0.195 e. The Morgan fingerprint density at radius 2 is 1.92 bits per heavy atom. The number of ether oxygens (including phenoxy) is 1. The molecular formula is C19H17BrN2O4. The van der Waals surface area contributed by atoms with Gasteiger partial charge in [0.25, 0.3) is 0 Å². The van der Waals surface area contributed by atoms with Crippen molar-refractivity contribution in [1.82, 2.24) is 4.98 Å². The third-order valence-electron chi connectivity index (χ3n) is 5.07. The van der Waals surface area contributed by atoms with Crippen molar-refractivity contribution in [1.29, 1.82) is 0 Å². The molecule has 1 aliphatic carbocycles. The summed E-state index contributed by atoms with van der Waals surface area (Å²) in [5.41, 5.74) is 3.04. The first-order valence-corrected chi connectivity index (χ1v) is 8.81. The van der Waals surface area contributed by atoms with Gasteiger partial charge >= 0.3 is 0 Å². The Balaban J connectivity index is 2.06. The van der Waals surface area contributed by atoms with E-state index < -0.39 is 5.41 Å². The van der Waals surface area contributed by atoms with Gasteiger partial charge in [0.05, 0.1) is 12.7 Å². The largest absolute Gasteiger partial charge is 0.494 e. The first-order valence-electron chi connectivity index (χ1n) is 8.02. The van der Waals surface area contributed by atoms with Crippen LogP contribution in [0.25, 0.3) is 10.9 Å². The Labute approximate surface area is 158 Å². The lowest BCUT2D eigenvalue weighted by molar-refractivity contribution is 0.0278. The first-order chi connectivity index (χ1) is 12.3. The number of aromatic amines is 1. The average molecular weight is 417 g/mol. The van der Waals surface area contributed by atoms with E-state index in [1.54, 1.807) is 6.07 Å². The summed E-state index contributed by atoms with van der Waals surface area (Å²) >= 11 is 3.46. The van der Waals surface area contributed by atoms with E-state index in [1.807, 2.05) is 32.0 Å². The lowest BCUT2D eigenvalue weighted by Gasteiger charge is -2.33. The highest BCUT2D eigenvalue weighted by molar-refractivity contribution is 9.10. The Hall–Kier alpha value is -2.35. The molecule has 0 unspecified atom stereocenters. The zero-order valence-corrected chi connectivity index (χ0v) is 16.0. The van der Waals surface area contributed by atoms with Crippen molar-refractivity contribution in [2.24, 2.45) is 0 Å². The van der Waals surface area contributed by atoms with Gasteiger partial charge in [-0.2, -0.15) is 0 Å². The number of hydrogen-bond donors (Lipinski definition) is 3. The molecule has 7 heteroatoms. The summed E-state index contributed by atoms with van der Waals surface area (Å²) in [4.78, 5) is 16.7. The molecule has 3 aromatic rings. The van der Waals surface area contributed by atoms with Gasteiger partial charge in [-0.05, 0) is 29.8 Å². The van der Waals surface area contributed by atoms with E-state index in [1.165, 1.54) is 13.2 Å². The van der Waals surface area contributed by atoms with Gasteiger partial charge in [-0.25, -0.2) is 0 Å². The maximum absolute atomic E-state index is 13.3. The summed E-state index contributed by atoms with van der Waals surface area (Å²) in [5.74, 6) is 0.116. The fourth-order valence-corrected chi connectivity index (χ4v) is 4.10. The van der Waals surface area contributed by atoms with Crippen LogP contribution in [0.2, 0.25) is 0 Å². The minimum Gasteiger partial charge on any atom is -0.494 e. The SMILES string of the molecule is COc1cc2c(cc1N(O)O)C(=O)c1c([nH]c3cc(Br)ccc13)C2(C)C. The van der Waals surface area contributed by atoms with Gasteiger partial charge in [-0.3, -0.25) is 15.2 Å². The fourth-order valence-electron chi connectivity index (χ4n) is 3.74. The third-order valence-corrected chi connectivity index (χ3v) is 5.56. The zero-order valence-electron chi connectivity index (χ0n) is 14.4. The van der Waals surface area contributed by atoms with E-state index in [-0.39, 0.29) is 22.4 Å². The number of carbonyl (C=O) groups excluding carboxylic acids is 1. The Kier molecular flexibility index (Phi) is 3.66. The van der Waals surface area contributed by atoms with Gasteiger partial charge in [-0.15, -0.1) is 5.23 Å². The number of ketones is 1. The number of nitrogens with one attached hydrogen (secondary N) is 1. The molecule has 0 fully saturated rings. The van der Waals surface area contributed by atoms with Crippen LogP contribution in [0.3, 0.4) is 0 Å². The number of rotatable bonds is 2. The standard InChI is InChI=1S/C19H17BrN2O4/c1-19(2)12-8-15(26-3)14(22(24)25)7-11(12)17(23)16-10-5-4-9(20)6-13(10)21-18(16)19/h4-8,21,24-25H,1-3H3. The van der Waals surface area contributed by atoms with Gasteiger partial charge in [0, 0.05) is 32.0 Å². The van der Waals surface area contributed by atoms with Crippen molar-refractivity contribution in [2.75, 3.05) is 12.3 Å². The predicted molar refractivity (Wildman–Crippen MR) is 101 cm³/mol. The highest BCUT2D eigenvalue weighted by Gasteiger charge is 2.40. The summed E-state index contributed by atoms with van der Waals surface area (Å²) < 4.78 is 6.20. The van der Waals surface area contributed by atoms with Crippen LogP contribution < -0.4 is 9.96 Å². The molecule has 0 bridgehead atoms. The molecule has 0 saturated carbocycles. The van der Waals surface area contributed by atoms with Crippen molar-refractivity contribution >= 4 is 38.3 Å². The summed E-state index contributed by atoms with van der Waals surface area (Å²) in [6, 6.07) is 8.89. The molecule has 3 N–H and O–H groups in total. The molecule has 26 heavy (non-hydrogen) atoms. The highest BCUT2D eigenvalue weighted by atomic mass is 79.9. The molecule has 0 aliphatic heterocycles. The van der Waals surface area contributed by atoms with Crippen molar-refractivity contribution in [3.05, 3.63) is 57.2 Å². The van der Waals surface area contributed by atoms with E-state index in [9.17, 15) is 15.2 Å². The third kappa shape index (κ3) is 2.21. The van der Waals surface area contributed by atoms with Crippen molar-refractivity contribution < 1.29 is 19.9 Å². The quantitative estimate of drug-likeness (QED) is 0.539. The van der Waals surface area contributed by atoms with Gasteiger partial charge in [-0.1, -0.05) is 35.8 Å². The Morgan fingerprint density at radius 3 is 2.58 bits per heavy atom. The van der Waals surface area contributed by atoms with E-state index >= 15 is 0 Å². The second kappa shape index (κ2) is 5.57. The molecule has 1 aliphatic rings. The molecule has 4 rings (SSSR count). The summed E-state index contributed by atoms with van der Waals surface area (Å²) in [6.45, 7) is 4.05. The molecule has 0 atom stereocenters. The molecule has 1 aromatic heterocycles. The van der Waals surface area contributed by atoms with Crippen LogP contribution in [0.1, 0.15) is 41.0 Å². The molecule has 0 saturated heterocycles. The number of anilines is 1. The van der Waals surface area contributed by atoms with Crippen LogP contribution in [0.5, 0.6) is 5.75 Å². The van der Waals surface area contributed by atoms with Crippen LogP contribution >= 0.6 is 15.9 Å². The molecule has 2 aromatic carbocycles. The number of halogens is 1. The zero-order chi connectivity index (χ0) is 18.8. The normalized spacial score (nSPS) is 14.9. The van der Waals surface area contributed by atoms with Crippen molar-refractivity contribution in [2.45, 2.75) is 19.3 Å². The number of fused-ring (bicyclic) bond motifs is 4. The highest BCUT2D eigenvalue weighted by Crippen LogP contribution is 2.46. The monoisotopic (exact) mass is 416 g/mol. The van der Waals surface area contributed by atoms with Crippen molar-refractivity contribution in [3.8, 4) is 5.75 Å². The molecule has 1 heterocycles. The van der Waals surface area contributed by atoms with E-state index in [4.69, 9.17) is 4.74 Å².